The Morgan fingerprint density at radius 3 is 2.88 bits per heavy atom. The lowest BCUT2D eigenvalue weighted by Crippen LogP contribution is -2.47. The molecule has 1 rings (SSSR count). The molecule has 3 nitrogen and oxygen atoms in total. The molecule has 16 heavy (non-hydrogen) atoms. The van der Waals surface area contributed by atoms with Crippen molar-refractivity contribution in [2.45, 2.75) is 12.5 Å². The molecule has 1 saturated heterocycles. The van der Waals surface area contributed by atoms with E-state index in [1.807, 2.05) is 7.05 Å². The molecule has 0 aromatic heterocycles. The maximum Gasteiger partial charge on any atom is 0.251 e. The van der Waals surface area contributed by atoms with Gasteiger partial charge in [-0.3, -0.25) is 4.90 Å². The number of halogens is 3. The third kappa shape index (κ3) is 5.39. The lowest BCUT2D eigenvalue weighted by molar-refractivity contribution is -0.0411. The minimum absolute atomic E-state index is 0.0146. The highest BCUT2D eigenvalue weighted by Crippen LogP contribution is 2.07. The molecule has 0 bridgehead atoms. The van der Waals surface area contributed by atoms with E-state index in [1.165, 1.54) is 0 Å². The summed E-state index contributed by atoms with van der Waals surface area (Å²) < 4.78 is 30.1. The lowest BCUT2D eigenvalue weighted by Gasteiger charge is -2.33. The Morgan fingerprint density at radius 2 is 2.31 bits per heavy atom. The molecule has 0 saturated carbocycles. The first kappa shape index (κ1) is 14.1. The van der Waals surface area contributed by atoms with Crippen LogP contribution in [0.4, 0.5) is 8.78 Å². The minimum Gasteiger partial charge on any atom is -0.374 e. The smallest absolute Gasteiger partial charge is 0.251 e. The van der Waals surface area contributed by atoms with Gasteiger partial charge in [0.1, 0.15) is 0 Å². The Bertz CT molecular complexity index is 198. The molecule has 0 aliphatic carbocycles. The van der Waals surface area contributed by atoms with Crippen LogP contribution in [-0.2, 0) is 4.74 Å². The maximum atomic E-state index is 12.3. The van der Waals surface area contributed by atoms with Crippen molar-refractivity contribution in [3.63, 3.8) is 0 Å². The predicted octanol–water partition coefficient (Wildman–Crippen LogP) is 1.12. The molecule has 96 valence electrons. The molecule has 0 aromatic rings. The van der Waals surface area contributed by atoms with Crippen LogP contribution in [0.15, 0.2) is 0 Å². The Balaban J connectivity index is 2.34. The minimum atomic E-state index is -2.32. The van der Waals surface area contributed by atoms with E-state index in [-0.39, 0.29) is 12.6 Å². The largest absolute Gasteiger partial charge is 0.374 e. The Kier molecular flexibility index (Phi) is 6.49. The molecular formula is C10H19ClF2N2O. The van der Waals surface area contributed by atoms with E-state index in [0.29, 0.717) is 25.6 Å². The number of hydrogen-bond acceptors (Lipinski definition) is 3. The molecule has 0 spiro atoms. The van der Waals surface area contributed by atoms with Gasteiger partial charge in [-0.1, -0.05) is 0 Å². The summed E-state index contributed by atoms with van der Waals surface area (Å²) in [5, 5.41) is 0. The number of hydrogen-bond donors (Lipinski definition) is 0. The topological polar surface area (TPSA) is 15.7 Å². The fourth-order valence-corrected chi connectivity index (χ4v) is 2.08. The van der Waals surface area contributed by atoms with Crippen LogP contribution in [0.5, 0.6) is 0 Å². The fourth-order valence-electron chi connectivity index (χ4n) is 1.84. The Morgan fingerprint density at radius 1 is 1.56 bits per heavy atom. The molecule has 1 aliphatic rings. The van der Waals surface area contributed by atoms with Gasteiger partial charge >= 0.3 is 0 Å². The van der Waals surface area contributed by atoms with Crippen LogP contribution in [0.1, 0.15) is 0 Å². The van der Waals surface area contributed by atoms with E-state index in [9.17, 15) is 8.78 Å². The van der Waals surface area contributed by atoms with E-state index in [4.69, 9.17) is 16.3 Å². The quantitative estimate of drug-likeness (QED) is 0.663. The van der Waals surface area contributed by atoms with Crippen molar-refractivity contribution in [3.8, 4) is 0 Å². The second-order valence-corrected chi connectivity index (χ2v) is 4.47. The van der Waals surface area contributed by atoms with Crippen molar-refractivity contribution in [1.29, 1.82) is 0 Å². The summed E-state index contributed by atoms with van der Waals surface area (Å²) in [6, 6.07) is 0. The first-order valence-electron chi connectivity index (χ1n) is 5.48. The monoisotopic (exact) mass is 256 g/mol. The maximum absolute atomic E-state index is 12.3. The zero-order chi connectivity index (χ0) is 12.0. The second kappa shape index (κ2) is 7.37. The van der Waals surface area contributed by atoms with Gasteiger partial charge in [0.25, 0.3) is 6.43 Å². The summed E-state index contributed by atoms with van der Waals surface area (Å²) in [5.74, 6) is 0.370. The van der Waals surface area contributed by atoms with Crippen LogP contribution in [0.3, 0.4) is 0 Å². The highest BCUT2D eigenvalue weighted by Gasteiger charge is 2.21. The number of ether oxygens (including phenoxy) is 1. The Labute approximate surface area is 100 Å². The summed E-state index contributed by atoms with van der Waals surface area (Å²) in [7, 11) is 2.01. The van der Waals surface area contributed by atoms with Crippen molar-refractivity contribution >= 4 is 11.6 Å². The van der Waals surface area contributed by atoms with Crippen LogP contribution in [0.2, 0.25) is 0 Å². The van der Waals surface area contributed by atoms with Gasteiger partial charge in [-0.25, -0.2) is 8.78 Å². The van der Waals surface area contributed by atoms with Crippen molar-refractivity contribution in [2.24, 2.45) is 0 Å². The lowest BCUT2D eigenvalue weighted by atomic mass is 10.2. The predicted molar refractivity (Wildman–Crippen MR) is 60.4 cm³/mol. The van der Waals surface area contributed by atoms with Gasteiger partial charge in [0.15, 0.2) is 0 Å². The molecule has 0 aromatic carbocycles. The average Bonchev–Trinajstić information content (AvgIpc) is 2.16. The third-order valence-corrected chi connectivity index (χ3v) is 2.77. The summed E-state index contributed by atoms with van der Waals surface area (Å²) in [6.45, 7) is 3.15. The number of morpholine rings is 1. The van der Waals surface area contributed by atoms with Crippen molar-refractivity contribution in [3.05, 3.63) is 0 Å². The van der Waals surface area contributed by atoms with E-state index >= 15 is 0 Å². The molecule has 0 N–H and O–H groups in total. The van der Waals surface area contributed by atoms with Gasteiger partial charge in [0.05, 0.1) is 19.3 Å². The average molecular weight is 257 g/mol. The van der Waals surface area contributed by atoms with Crippen molar-refractivity contribution in [2.75, 3.05) is 52.3 Å². The highest BCUT2D eigenvalue weighted by molar-refractivity contribution is 6.18. The Hall–Kier alpha value is 0.0300. The zero-order valence-electron chi connectivity index (χ0n) is 9.54. The number of alkyl halides is 3. The molecular weight excluding hydrogens is 238 g/mol. The van der Waals surface area contributed by atoms with Gasteiger partial charge in [0, 0.05) is 32.1 Å². The zero-order valence-corrected chi connectivity index (χ0v) is 10.3. The number of rotatable bonds is 6. The molecule has 1 heterocycles. The third-order valence-electron chi connectivity index (χ3n) is 2.60. The summed E-state index contributed by atoms with van der Waals surface area (Å²) in [6.07, 6.45) is -2.30. The summed E-state index contributed by atoms with van der Waals surface area (Å²) in [4.78, 5) is 3.82. The molecule has 0 amide bonds. The molecule has 1 atom stereocenters. The molecule has 0 radical (unpaired) electrons. The van der Waals surface area contributed by atoms with Gasteiger partial charge in [0.2, 0.25) is 0 Å². The first-order chi connectivity index (χ1) is 7.61. The molecule has 1 aliphatic heterocycles. The number of likely N-dealkylation sites (N-methyl/N-ethyl adjacent to an activating group) is 1. The van der Waals surface area contributed by atoms with Crippen LogP contribution in [0.25, 0.3) is 0 Å². The second-order valence-electron chi connectivity index (χ2n) is 4.09. The van der Waals surface area contributed by atoms with E-state index < -0.39 is 6.43 Å². The van der Waals surface area contributed by atoms with Gasteiger partial charge in [-0.05, 0) is 7.05 Å². The molecule has 1 unspecified atom stereocenters. The standard InChI is InChI=1S/C10H19ClF2N2O/c1-14-4-5-16-9(6-14)7-15(3-2-11)8-10(12)13/h9-10H,2-8H2,1H3. The van der Waals surface area contributed by atoms with Crippen molar-refractivity contribution in [1.82, 2.24) is 9.80 Å². The first-order valence-corrected chi connectivity index (χ1v) is 6.02. The van der Waals surface area contributed by atoms with Crippen LogP contribution in [0, 0.1) is 0 Å². The van der Waals surface area contributed by atoms with Crippen LogP contribution in [-0.4, -0.2) is 74.6 Å². The normalized spacial score (nSPS) is 23.2. The van der Waals surface area contributed by atoms with Gasteiger partial charge in [-0.15, -0.1) is 11.6 Å². The van der Waals surface area contributed by atoms with Crippen LogP contribution >= 0.6 is 11.6 Å². The molecule has 6 heteroatoms. The van der Waals surface area contributed by atoms with Gasteiger partial charge < -0.3 is 9.64 Å². The van der Waals surface area contributed by atoms with Gasteiger partial charge in [-0.2, -0.15) is 0 Å². The SMILES string of the molecule is CN1CCOC(CN(CCCl)CC(F)F)C1. The summed E-state index contributed by atoms with van der Waals surface area (Å²) >= 11 is 5.59. The van der Waals surface area contributed by atoms with Crippen LogP contribution < -0.4 is 0 Å². The van der Waals surface area contributed by atoms with Crippen molar-refractivity contribution < 1.29 is 13.5 Å². The number of nitrogens with zero attached hydrogens (tertiary/aromatic N) is 2. The van der Waals surface area contributed by atoms with E-state index in [1.54, 1.807) is 4.90 Å². The fraction of sp³-hybridized carbons (Fsp3) is 1.00. The van der Waals surface area contributed by atoms with E-state index in [2.05, 4.69) is 4.90 Å². The molecule has 1 fully saturated rings. The summed E-state index contributed by atoms with van der Waals surface area (Å²) in [5.41, 5.74) is 0. The van der Waals surface area contributed by atoms with E-state index in [0.717, 1.165) is 13.1 Å². The highest BCUT2D eigenvalue weighted by atomic mass is 35.5.